The van der Waals surface area contributed by atoms with Crippen molar-refractivity contribution in [2.75, 3.05) is 39.3 Å². The summed E-state index contributed by atoms with van der Waals surface area (Å²) in [5, 5.41) is 2.10. The molecule has 3 aromatic rings. The monoisotopic (exact) mass is 534 g/mol. The van der Waals surface area contributed by atoms with Crippen LogP contribution in [0.4, 0.5) is 0 Å². The van der Waals surface area contributed by atoms with Gasteiger partial charge in [0.15, 0.2) is 0 Å². The minimum Gasteiger partial charge on any atom is -0.760 e. The molecule has 2 heterocycles. The molecule has 8 heteroatoms. The third-order valence-electron chi connectivity index (χ3n) is 7.75. The van der Waals surface area contributed by atoms with Crippen LogP contribution in [-0.4, -0.2) is 74.1 Å². The first kappa shape index (κ1) is 27.0. The van der Waals surface area contributed by atoms with Crippen LogP contribution in [0.3, 0.4) is 0 Å². The van der Waals surface area contributed by atoms with Gasteiger partial charge in [-0.15, -0.1) is 0 Å². The number of rotatable bonds is 8. The van der Waals surface area contributed by atoms with E-state index in [-0.39, 0.29) is 18.6 Å². The molecule has 2 fully saturated rings. The van der Waals surface area contributed by atoms with Crippen LogP contribution in [0.1, 0.15) is 42.9 Å². The lowest BCUT2D eigenvalue weighted by molar-refractivity contribution is -0.139. The average molecular weight is 535 g/mol. The number of ether oxygens (including phenoxy) is 1. The molecule has 0 spiro atoms. The predicted octanol–water partition coefficient (Wildman–Crippen LogP) is 4.28. The third kappa shape index (κ3) is 6.50. The van der Waals surface area contributed by atoms with Crippen molar-refractivity contribution in [2.24, 2.45) is 0 Å². The quantitative estimate of drug-likeness (QED) is 0.403. The second kappa shape index (κ2) is 13.0. The summed E-state index contributed by atoms with van der Waals surface area (Å²) in [6.07, 6.45) is 2.86. The Morgan fingerprint density at radius 2 is 1.68 bits per heavy atom. The number of carbonyl (C=O) groups is 1. The molecular weight excluding hydrogens is 498 g/mol. The van der Waals surface area contributed by atoms with Crippen molar-refractivity contribution < 1.29 is 18.3 Å². The van der Waals surface area contributed by atoms with E-state index in [1.807, 2.05) is 53.4 Å². The van der Waals surface area contributed by atoms with Gasteiger partial charge in [0, 0.05) is 50.5 Å². The van der Waals surface area contributed by atoms with Crippen molar-refractivity contribution >= 4 is 27.9 Å². The van der Waals surface area contributed by atoms with Crippen LogP contribution in [-0.2, 0) is 27.3 Å². The van der Waals surface area contributed by atoms with E-state index in [2.05, 4.69) is 29.2 Å². The first-order chi connectivity index (χ1) is 18.6. The zero-order valence-electron chi connectivity index (χ0n) is 21.7. The predicted molar refractivity (Wildman–Crippen MR) is 149 cm³/mol. The lowest BCUT2D eigenvalue weighted by Gasteiger charge is -2.41. The number of hydrogen-bond donors (Lipinski definition) is 0. The summed E-state index contributed by atoms with van der Waals surface area (Å²) in [7, 11) is 0. The molecule has 0 N–H and O–H groups in total. The van der Waals surface area contributed by atoms with Crippen LogP contribution in [0, 0.1) is 0 Å². The Kier molecular flexibility index (Phi) is 9.19. The van der Waals surface area contributed by atoms with E-state index in [1.165, 1.54) is 9.87 Å². The van der Waals surface area contributed by atoms with Crippen LogP contribution >= 0.6 is 0 Å². The van der Waals surface area contributed by atoms with Gasteiger partial charge in [-0.1, -0.05) is 79.2 Å². The Morgan fingerprint density at radius 1 is 0.895 bits per heavy atom. The Morgan fingerprint density at radius 3 is 2.53 bits per heavy atom. The molecule has 7 nitrogen and oxygen atoms in total. The maximum Gasteiger partial charge on any atom is 0.248 e. The highest BCUT2D eigenvalue weighted by atomic mass is 32.2. The molecule has 0 saturated carbocycles. The maximum absolute atomic E-state index is 13.4. The Labute approximate surface area is 227 Å². The van der Waals surface area contributed by atoms with Gasteiger partial charge in [0.2, 0.25) is 5.91 Å². The van der Waals surface area contributed by atoms with Crippen molar-refractivity contribution in [1.29, 1.82) is 0 Å². The number of carbonyl (C=O) groups excluding carboxylic acids is 1. The molecule has 1 amide bonds. The second-order valence-electron chi connectivity index (χ2n) is 10.2. The van der Waals surface area contributed by atoms with Crippen LogP contribution in [0.25, 0.3) is 10.8 Å². The molecule has 0 bridgehead atoms. The van der Waals surface area contributed by atoms with Crippen LogP contribution in [0.2, 0.25) is 0 Å². The summed E-state index contributed by atoms with van der Waals surface area (Å²) in [5.74, 6) is -0.0394. The van der Waals surface area contributed by atoms with Crippen molar-refractivity contribution in [3.63, 3.8) is 0 Å². The van der Waals surface area contributed by atoms with E-state index in [4.69, 9.17) is 4.74 Å². The van der Waals surface area contributed by atoms with Gasteiger partial charge in [0.25, 0.3) is 0 Å². The number of nitrogens with zero attached hydrogens (tertiary/aromatic N) is 3. The molecule has 2 aliphatic heterocycles. The zero-order chi connectivity index (χ0) is 26.3. The fraction of sp³-hybridized carbons (Fsp3) is 0.433. The molecule has 2 saturated heterocycles. The standard InChI is InChI=1S/C30H37N3O4S/c34-29(32-18-9-17-31(20-21-32)22-24-10-2-1-3-11-24)23-37-30(28-16-6-7-19-33(28)38(35)36)27-15-8-13-25-12-4-5-14-26(25)27/h1-5,8,10-15,28,30H,6-7,9,16-23H2,(H,35,36)/p-1. The molecular formula is C30H36N3O4S-. The van der Waals surface area contributed by atoms with Gasteiger partial charge in [-0.2, -0.15) is 0 Å². The van der Waals surface area contributed by atoms with E-state index in [0.717, 1.165) is 55.2 Å². The average Bonchev–Trinajstić information content (AvgIpc) is 3.19. The van der Waals surface area contributed by atoms with Gasteiger partial charge in [-0.25, -0.2) is 4.31 Å². The molecule has 38 heavy (non-hydrogen) atoms. The Bertz CT molecular complexity index is 1240. The molecule has 3 aromatic carbocycles. The molecule has 0 radical (unpaired) electrons. The number of hydrogen-bond acceptors (Lipinski definition) is 5. The van der Waals surface area contributed by atoms with Gasteiger partial charge >= 0.3 is 0 Å². The molecule has 5 rings (SSSR count). The fourth-order valence-corrected chi connectivity index (χ4v) is 6.51. The molecule has 3 unspecified atom stereocenters. The zero-order valence-corrected chi connectivity index (χ0v) is 22.6. The summed E-state index contributed by atoms with van der Waals surface area (Å²) in [6.45, 7) is 4.42. The normalized spacial score (nSPS) is 21.2. The minimum atomic E-state index is -2.35. The second-order valence-corrected chi connectivity index (χ2v) is 11.1. The lowest BCUT2D eigenvalue weighted by Crippen LogP contribution is -2.46. The van der Waals surface area contributed by atoms with Gasteiger partial charge < -0.3 is 14.2 Å². The molecule has 3 atom stereocenters. The highest BCUT2D eigenvalue weighted by Gasteiger charge is 2.34. The summed E-state index contributed by atoms with van der Waals surface area (Å²) in [5.41, 5.74) is 2.21. The van der Waals surface area contributed by atoms with E-state index in [1.54, 1.807) is 0 Å². The first-order valence-corrected chi connectivity index (χ1v) is 14.6. The largest absolute Gasteiger partial charge is 0.760 e. The first-order valence-electron chi connectivity index (χ1n) is 13.6. The molecule has 202 valence electrons. The SMILES string of the molecule is O=C(COC(c1cccc2ccccc12)C1CCCCN1S(=O)[O-])N1CCCN(Cc2ccccc2)CC1. The highest BCUT2D eigenvalue weighted by molar-refractivity contribution is 7.76. The minimum absolute atomic E-state index is 0.0394. The van der Waals surface area contributed by atoms with E-state index < -0.39 is 17.4 Å². The fourth-order valence-electron chi connectivity index (χ4n) is 5.80. The highest BCUT2D eigenvalue weighted by Crippen LogP contribution is 2.36. The molecule has 2 aliphatic rings. The van der Waals surface area contributed by atoms with Crippen molar-refractivity contribution in [1.82, 2.24) is 14.1 Å². The Balaban J connectivity index is 1.30. The van der Waals surface area contributed by atoms with Gasteiger partial charge in [-0.3, -0.25) is 13.9 Å². The number of amides is 1. The van der Waals surface area contributed by atoms with Crippen molar-refractivity contribution in [2.45, 2.75) is 44.4 Å². The summed E-state index contributed by atoms with van der Waals surface area (Å²) < 4.78 is 32.2. The summed E-state index contributed by atoms with van der Waals surface area (Å²) >= 11 is -2.35. The maximum atomic E-state index is 13.4. The Hall–Kier alpha value is -2.62. The van der Waals surface area contributed by atoms with Crippen LogP contribution in [0.15, 0.2) is 72.8 Å². The van der Waals surface area contributed by atoms with E-state index in [9.17, 15) is 13.6 Å². The van der Waals surface area contributed by atoms with E-state index >= 15 is 0 Å². The number of benzene rings is 3. The molecule has 0 aliphatic carbocycles. The van der Waals surface area contributed by atoms with E-state index in [0.29, 0.717) is 26.1 Å². The van der Waals surface area contributed by atoms with Crippen molar-refractivity contribution in [3.8, 4) is 0 Å². The van der Waals surface area contributed by atoms with Crippen LogP contribution in [0.5, 0.6) is 0 Å². The van der Waals surface area contributed by atoms with Crippen LogP contribution < -0.4 is 0 Å². The summed E-state index contributed by atoms with van der Waals surface area (Å²) in [6, 6.07) is 24.2. The van der Waals surface area contributed by atoms with Crippen molar-refractivity contribution in [3.05, 3.63) is 83.9 Å². The number of piperidine rings is 1. The molecule has 0 aromatic heterocycles. The smallest absolute Gasteiger partial charge is 0.248 e. The van der Waals surface area contributed by atoms with Gasteiger partial charge in [0.1, 0.15) is 12.7 Å². The van der Waals surface area contributed by atoms with Gasteiger partial charge in [-0.05, 0) is 41.2 Å². The lowest BCUT2D eigenvalue weighted by atomic mass is 9.91. The number of fused-ring (bicyclic) bond motifs is 1. The summed E-state index contributed by atoms with van der Waals surface area (Å²) in [4.78, 5) is 17.7. The van der Waals surface area contributed by atoms with Gasteiger partial charge in [0.05, 0.1) is 6.04 Å². The third-order valence-corrected chi connectivity index (χ3v) is 8.58. The topological polar surface area (TPSA) is 76.1 Å².